The van der Waals surface area contributed by atoms with E-state index in [1.165, 1.54) is 0 Å². The van der Waals surface area contributed by atoms with E-state index < -0.39 is 0 Å². The van der Waals surface area contributed by atoms with Gasteiger partial charge in [-0.05, 0) is 18.6 Å². The van der Waals surface area contributed by atoms with E-state index in [1.807, 2.05) is 31.2 Å². The number of nitrogens with one attached hydrogen (secondary N) is 1. The van der Waals surface area contributed by atoms with E-state index in [2.05, 4.69) is 16.0 Å². The van der Waals surface area contributed by atoms with Crippen LogP contribution in [0.1, 0.15) is 21.5 Å². The molecule has 3 rings (SSSR count). The van der Waals surface area contributed by atoms with Crippen LogP contribution in [-0.4, -0.2) is 15.8 Å². The zero-order valence-corrected chi connectivity index (χ0v) is 15.1. The van der Waals surface area contributed by atoms with Crippen molar-refractivity contribution in [2.75, 3.05) is 0 Å². The number of carbonyl (C=O) groups excluding carboxylic acids is 1. The Morgan fingerprint density at radius 3 is 2.95 bits per heavy atom. The van der Waals surface area contributed by atoms with Gasteiger partial charge in [-0.1, -0.05) is 18.5 Å². The normalized spacial score (nSPS) is 10.4. The molecule has 0 spiro atoms. The molecule has 21 heavy (non-hydrogen) atoms. The van der Waals surface area contributed by atoms with Gasteiger partial charge in [0.15, 0.2) is 5.78 Å². The Labute approximate surface area is 153 Å². The quantitative estimate of drug-likeness (QED) is 0.432. The number of rotatable bonds is 3. The summed E-state index contributed by atoms with van der Waals surface area (Å²) >= 11 is 5.84. The first-order valence-electron chi connectivity index (χ1n) is 6.28. The van der Waals surface area contributed by atoms with Crippen LogP contribution in [0.5, 0.6) is 0 Å². The molecule has 2 aromatic heterocycles. The molecular weight excluding hydrogens is 361 g/mol. The minimum absolute atomic E-state index is 0. The molecule has 1 aromatic carbocycles. The molecular formula is C16H12ClN2OY-. The molecule has 3 nitrogen and oxygen atoms in total. The van der Waals surface area contributed by atoms with Gasteiger partial charge in [0.05, 0.1) is 0 Å². The minimum atomic E-state index is 0. The van der Waals surface area contributed by atoms with Crippen LogP contribution in [0, 0.1) is 13.0 Å². The zero-order chi connectivity index (χ0) is 14.1. The summed E-state index contributed by atoms with van der Waals surface area (Å²) in [6.45, 7) is 1.96. The summed E-state index contributed by atoms with van der Waals surface area (Å²) in [5.74, 6) is 0.0584. The summed E-state index contributed by atoms with van der Waals surface area (Å²) in [6.07, 6.45) is 2.05. The molecule has 0 amide bonds. The van der Waals surface area contributed by atoms with E-state index >= 15 is 0 Å². The van der Waals surface area contributed by atoms with Crippen molar-refractivity contribution in [2.45, 2.75) is 13.3 Å². The number of Topliss-reactive ketones (excluding diaryl/α,β-unsaturated/α-hetero) is 1. The fraction of sp³-hybridized carbons (Fsp3) is 0.125. The third kappa shape index (κ3) is 3.42. The topological polar surface area (TPSA) is 45.8 Å². The average molecular weight is 373 g/mol. The summed E-state index contributed by atoms with van der Waals surface area (Å²) < 4.78 is 0. The van der Waals surface area contributed by atoms with Crippen molar-refractivity contribution in [1.82, 2.24) is 9.97 Å². The van der Waals surface area contributed by atoms with Crippen LogP contribution in [0.15, 0.2) is 36.5 Å². The number of nitrogens with zero attached hydrogens (tertiary/aromatic N) is 1. The molecule has 0 saturated carbocycles. The fourth-order valence-corrected chi connectivity index (χ4v) is 2.37. The fourth-order valence-electron chi connectivity index (χ4n) is 2.23. The molecule has 3 aromatic rings. The second-order valence-electron chi connectivity index (χ2n) is 4.65. The number of halogens is 1. The maximum absolute atomic E-state index is 12.4. The second-order valence-corrected chi connectivity index (χ2v) is 5.04. The summed E-state index contributed by atoms with van der Waals surface area (Å²) in [6, 6.07) is 12.3. The van der Waals surface area contributed by atoms with Crippen LogP contribution in [0.3, 0.4) is 0 Å². The Morgan fingerprint density at radius 1 is 1.38 bits per heavy atom. The van der Waals surface area contributed by atoms with Crippen LogP contribution < -0.4 is 0 Å². The first-order valence-corrected chi connectivity index (χ1v) is 6.66. The van der Waals surface area contributed by atoms with Gasteiger partial charge in [-0.3, -0.25) is 4.79 Å². The molecule has 1 N–H and O–H groups in total. The first kappa shape index (κ1) is 16.3. The summed E-state index contributed by atoms with van der Waals surface area (Å²) in [5.41, 5.74) is 3.28. The Balaban J connectivity index is 0.00000161. The third-order valence-electron chi connectivity index (χ3n) is 3.33. The van der Waals surface area contributed by atoms with E-state index in [0.717, 1.165) is 16.5 Å². The monoisotopic (exact) mass is 372 g/mol. The number of ketones is 1. The molecule has 5 heteroatoms. The van der Waals surface area contributed by atoms with E-state index in [4.69, 9.17) is 11.6 Å². The van der Waals surface area contributed by atoms with Crippen molar-refractivity contribution in [1.29, 1.82) is 0 Å². The van der Waals surface area contributed by atoms with Gasteiger partial charge in [-0.25, -0.2) is 4.98 Å². The molecule has 0 unspecified atom stereocenters. The molecule has 0 aliphatic rings. The number of aromatic nitrogens is 2. The SMILES string of the molecule is Cc1[c-]cccc1CC(=O)c1c[nH]c2nc(Cl)ccc12.[Y]. The average Bonchev–Trinajstić information content (AvgIpc) is 2.84. The van der Waals surface area contributed by atoms with Crippen molar-refractivity contribution in [3.8, 4) is 0 Å². The van der Waals surface area contributed by atoms with Crippen molar-refractivity contribution >= 4 is 28.4 Å². The van der Waals surface area contributed by atoms with Gasteiger partial charge < -0.3 is 4.98 Å². The summed E-state index contributed by atoms with van der Waals surface area (Å²) in [5, 5.41) is 1.21. The molecule has 2 heterocycles. The Kier molecular flexibility index (Phi) is 5.31. The number of pyridine rings is 1. The standard InChI is InChI=1S/C16H12ClN2O.Y/c1-10-4-2-3-5-11(10)8-14(20)13-9-18-16-12(13)6-7-15(17)19-16;/h2-3,5-7,9H,8H2,1H3,(H,18,19);/q-1;. The molecule has 0 aliphatic carbocycles. The number of carbonyl (C=O) groups is 1. The van der Waals surface area contributed by atoms with Gasteiger partial charge in [0, 0.05) is 49.9 Å². The van der Waals surface area contributed by atoms with Gasteiger partial charge in [-0.15, -0.1) is 5.56 Å². The van der Waals surface area contributed by atoms with Crippen molar-refractivity contribution in [3.05, 3.63) is 64.4 Å². The van der Waals surface area contributed by atoms with Gasteiger partial charge in [0.1, 0.15) is 10.8 Å². The molecule has 0 aliphatic heterocycles. The van der Waals surface area contributed by atoms with Gasteiger partial charge in [-0.2, -0.15) is 29.8 Å². The maximum atomic E-state index is 12.4. The van der Waals surface area contributed by atoms with Crippen molar-refractivity contribution in [2.24, 2.45) is 0 Å². The third-order valence-corrected chi connectivity index (χ3v) is 3.54. The van der Waals surface area contributed by atoms with Crippen LogP contribution in [0.2, 0.25) is 5.15 Å². The summed E-state index contributed by atoms with van der Waals surface area (Å²) in [7, 11) is 0. The zero-order valence-electron chi connectivity index (χ0n) is 11.5. The summed E-state index contributed by atoms with van der Waals surface area (Å²) in [4.78, 5) is 19.6. The smallest absolute Gasteiger partial charge is 0.158 e. The number of H-pyrrole nitrogens is 1. The number of benzene rings is 1. The Morgan fingerprint density at radius 2 is 2.19 bits per heavy atom. The second kappa shape index (κ2) is 6.82. The Bertz CT molecular complexity index is 798. The molecule has 103 valence electrons. The molecule has 1 radical (unpaired) electrons. The van der Waals surface area contributed by atoms with Gasteiger partial charge in [0.2, 0.25) is 0 Å². The number of aryl methyl sites for hydroxylation is 1. The van der Waals surface area contributed by atoms with E-state index in [1.54, 1.807) is 12.3 Å². The number of hydrogen-bond donors (Lipinski definition) is 1. The largest absolute Gasteiger partial charge is 0.345 e. The van der Waals surface area contributed by atoms with Gasteiger partial charge >= 0.3 is 0 Å². The number of fused-ring (bicyclic) bond motifs is 1. The minimum Gasteiger partial charge on any atom is -0.345 e. The number of aromatic amines is 1. The molecule has 0 saturated heterocycles. The van der Waals surface area contributed by atoms with Crippen molar-refractivity contribution in [3.63, 3.8) is 0 Å². The van der Waals surface area contributed by atoms with E-state index in [9.17, 15) is 4.79 Å². The molecule has 0 atom stereocenters. The number of hydrogen-bond acceptors (Lipinski definition) is 2. The van der Waals surface area contributed by atoms with Crippen LogP contribution in [-0.2, 0) is 39.1 Å². The maximum Gasteiger partial charge on any atom is 0.158 e. The molecule has 0 bridgehead atoms. The van der Waals surface area contributed by atoms with Crippen LogP contribution in [0.25, 0.3) is 11.0 Å². The Hall–Kier alpha value is -1.03. The van der Waals surface area contributed by atoms with Gasteiger partial charge in [0.25, 0.3) is 0 Å². The first-order chi connectivity index (χ1) is 9.65. The van der Waals surface area contributed by atoms with Crippen molar-refractivity contribution < 1.29 is 37.5 Å². The van der Waals surface area contributed by atoms with Crippen LogP contribution >= 0.6 is 11.6 Å². The van der Waals surface area contributed by atoms with E-state index in [0.29, 0.717) is 22.8 Å². The predicted molar refractivity (Wildman–Crippen MR) is 79.2 cm³/mol. The van der Waals surface area contributed by atoms with E-state index in [-0.39, 0.29) is 38.5 Å². The van der Waals surface area contributed by atoms with Crippen LogP contribution in [0.4, 0.5) is 0 Å². The molecule has 0 fully saturated rings. The predicted octanol–water partition coefficient (Wildman–Crippen LogP) is 3.75.